The SMILES string of the molecule is CCOC(=O)Cc1sc(NC(=O)c2ccccc2C)nc1-c1ccccc1. The molecular formula is C21H20N2O3S. The summed E-state index contributed by atoms with van der Waals surface area (Å²) < 4.78 is 5.06. The van der Waals surface area contributed by atoms with E-state index < -0.39 is 0 Å². The predicted octanol–water partition coefficient (Wildman–Crippen LogP) is 4.48. The van der Waals surface area contributed by atoms with Crippen LogP contribution in [0.15, 0.2) is 54.6 Å². The Kier molecular flexibility index (Phi) is 5.98. The highest BCUT2D eigenvalue weighted by Crippen LogP contribution is 2.32. The van der Waals surface area contributed by atoms with Gasteiger partial charge in [0.15, 0.2) is 5.13 Å². The summed E-state index contributed by atoms with van der Waals surface area (Å²) in [5.41, 5.74) is 3.07. The average molecular weight is 380 g/mol. The number of hydrogen-bond acceptors (Lipinski definition) is 5. The number of amides is 1. The third kappa shape index (κ3) is 4.60. The van der Waals surface area contributed by atoms with Crippen LogP contribution in [0, 0.1) is 6.92 Å². The average Bonchev–Trinajstić information content (AvgIpc) is 3.05. The minimum Gasteiger partial charge on any atom is -0.466 e. The van der Waals surface area contributed by atoms with Crippen molar-refractivity contribution in [3.63, 3.8) is 0 Å². The number of benzene rings is 2. The Morgan fingerprint density at radius 2 is 1.78 bits per heavy atom. The van der Waals surface area contributed by atoms with E-state index in [2.05, 4.69) is 10.3 Å². The zero-order valence-corrected chi connectivity index (χ0v) is 16.0. The summed E-state index contributed by atoms with van der Waals surface area (Å²) >= 11 is 1.29. The Morgan fingerprint density at radius 3 is 2.48 bits per heavy atom. The summed E-state index contributed by atoms with van der Waals surface area (Å²) in [6, 6.07) is 17.0. The largest absolute Gasteiger partial charge is 0.466 e. The zero-order chi connectivity index (χ0) is 19.2. The van der Waals surface area contributed by atoms with Crippen molar-refractivity contribution in [1.29, 1.82) is 0 Å². The molecule has 0 unspecified atom stereocenters. The summed E-state index contributed by atoms with van der Waals surface area (Å²) in [5.74, 6) is -0.528. The third-order valence-electron chi connectivity index (χ3n) is 3.96. The minimum atomic E-state index is -0.310. The van der Waals surface area contributed by atoms with E-state index in [0.717, 1.165) is 16.0 Å². The molecule has 1 heterocycles. The van der Waals surface area contributed by atoms with Crippen LogP contribution in [-0.2, 0) is 16.0 Å². The molecule has 0 saturated heterocycles. The molecule has 0 aliphatic rings. The topological polar surface area (TPSA) is 68.3 Å². The first-order chi connectivity index (χ1) is 13.1. The van der Waals surface area contributed by atoms with Crippen LogP contribution >= 0.6 is 11.3 Å². The van der Waals surface area contributed by atoms with Crippen LogP contribution in [0.5, 0.6) is 0 Å². The standard InChI is InChI=1S/C21H20N2O3S/c1-3-26-18(24)13-17-19(15-10-5-4-6-11-15)22-21(27-17)23-20(25)16-12-8-7-9-14(16)2/h4-12H,3,13H2,1-2H3,(H,22,23,25). The van der Waals surface area contributed by atoms with E-state index >= 15 is 0 Å². The van der Waals surface area contributed by atoms with Crippen molar-refractivity contribution in [3.8, 4) is 11.3 Å². The Balaban J connectivity index is 1.90. The second-order valence-electron chi connectivity index (χ2n) is 5.91. The fraction of sp³-hybridized carbons (Fsp3) is 0.190. The molecule has 5 nitrogen and oxygen atoms in total. The van der Waals surface area contributed by atoms with E-state index in [0.29, 0.717) is 23.0 Å². The molecule has 27 heavy (non-hydrogen) atoms. The fourth-order valence-corrected chi connectivity index (χ4v) is 3.65. The van der Waals surface area contributed by atoms with Crippen molar-refractivity contribution in [2.45, 2.75) is 20.3 Å². The zero-order valence-electron chi connectivity index (χ0n) is 15.2. The van der Waals surface area contributed by atoms with Gasteiger partial charge in [0.1, 0.15) is 0 Å². The van der Waals surface area contributed by atoms with E-state index in [4.69, 9.17) is 4.74 Å². The summed E-state index contributed by atoms with van der Waals surface area (Å²) in [7, 11) is 0. The molecule has 0 bridgehead atoms. The Morgan fingerprint density at radius 1 is 1.07 bits per heavy atom. The number of aryl methyl sites for hydroxylation is 1. The lowest BCUT2D eigenvalue weighted by Gasteiger charge is -2.04. The van der Waals surface area contributed by atoms with Crippen LogP contribution in [0.25, 0.3) is 11.3 Å². The molecule has 1 N–H and O–H groups in total. The van der Waals surface area contributed by atoms with E-state index in [1.807, 2.05) is 55.5 Å². The lowest BCUT2D eigenvalue weighted by atomic mass is 10.1. The number of esters is 1. The summed E-state index contributed by atoms with van der Waals surface area (Å²) in [6.07, 6.45) is 0.121. The van der Waals surface area contributed by atoms with Gasteiger partial charge in [-0.1, -0.05) is 48.5 Å². The van der Waals surface area contributed by atoms with E-state index in [9.17, 15) is 9.59 Å². The van der Waals surface area contributed by atoms with Gasteiger partial charge in [-0.05, 0) is 25.5 Å². The molecule has 0 aliphatic carbocycles. The molecule has 138 valence electrons. The van der Waals surface area contributed by atoms with Crippen molar-refractivity contribution in [1.82, 2.24) is 4.98 Å². The third-order valence-corrected chi connectivity index (χ3v) is 4.94. The first kappa shape index (κ1) is 18.8. The van der Waals surface area contributed by atoms with Gasteiger partial charge in [-0.25, -0.2) is 4.98 Å². The summed E-state index contributed by atoms with van der Waals surface area (Å²) in [4.78, 5) is 29.9. The normalized spacial score (nSPS) is 10.4. The van der Waals surface area contributed by atoms with Crippen molar-refractivity contribution in [3.05, 3.63) is 70.6 Å². The van der Waals surface area contributed by atoms with Crippen LogP contribution in [0.3, 0.4) is 0 Å². The molecule has 6 heteroatoms. The van der Waals surface area contributed by atoms with Crippen molar-refractivity contribution >= 4 is 28.3 Å². The van der Waals surface area contributed by atoms with Crippen molar-refractivity contribution < 1.29 is 14.3 Å². The maximum absolute atomic E-state index is 12.6. The number of rotatable bonds is 6. The summed E-state index contributed by atoms with van der Waals surface area (Å²) in [6.45, 7) is 3.99. The molecular weight excluding hydrogens is 360 g/mol. The Labute approximate surface area is 162 Å². The maximum atomic E-state index is 12.6. The predicted molar refractivity (Wildman–Crippen MR) is 107 cm³/mol. The molecule has 0 atom stereocenters. The van der Waals surface area contributed by atoms with Gasteiger partial charge in [0.05, 0.1) is 18.7 Å². The first-order valence-electron chi connectivity index (χ1n) is 8.66. The Hall–Kier alpha value is -2.99. The molecule has 3 aromatic rings. The number of carbonyl (C=O) groups is 2. The number of ether oxygens (including phenoxy) is 1. The number of aromatic nitrogens is 1. The fourth-order valence-electron chi connectivity index (χ4n) is 2.68. The van der Waals surface area contributed by atoms with Gasteiger partial charge < -0.3 is 4.74 Å². The van der Waals surface area contributed by atoms with Crippen LogP contribution in [0.4, 0.5) is 5.13 Å². The Bertz CT molecular complexity index is 951. The lowest BCUT2D eigenvalue weighted by Crippen LogP contribution is -2.12. The minimum absolute atomic E-state index is 0.121. The van der Waals surface area contributed by atoms with Crippen LogP contribution < -0.4 is 5.32 Å². The molecule has 1 amide bonds. The van der Waals surface area contributed by atoms with E-state index in [1.54, 1.807) is 13.0 Å². The highest BCUT2D eigenvalue weighted by atomic mass is 32.1. The van der Waals surface area contributed by atoms with Gasteiger partial charge in [0, 0.05) is 16.0 Å². The quantitative estimate of drug-likeness (QED) is 0.641. The molecule has 1 aromatic heterocycles. The molecule has 3 rings (SSSR count). The highest BCUT2D eigenvalue weighted by molar-refractivity contribution is 7.16. The van der Waals surface area contributed by atoms with Gasteiger partial charge >= 0.3 is 5.97 Å². The lowest BCUT2D eigenvalue weighted by molar-refractivity contribution is -0.142. The highest BCUT2D eigenvalue weighted by Gasteiger charge is 2.18. The van der Waals surface area contributed by atoms with Crippen LogP contribution in [0.2, 0.25) is 0 Å². The number of thiazole rings is 1. The number of nitrogens with one attached hydrogen (secondary N) is 1. The number of carbonyl (C=O) groups excluding carboxylic acids is 2. The number of hydrogen-bond donors (Lipinski definition) is 1. The number of nitrogens with zero attached hydrogens (tertiary/aromatic N) is 1. The van der Waals surface area contributed by atoms with Gasteiger partial charge in [-0.3, -0.25) is 14.9 Å². The maximum Gasteiger partial charge on any atom is 0.311 e. The van der Waals surface area contributed by atoms with Crippen LogP contribution in [-0.4, -0.2) is 23.5 Å². The van der Waals surface area contributed by atoms with E-state index in [1.165, 1.54) is 11.3 Å². The molecule has 0 saturated carbocycles. The van der Waals surface area contributed by atoms with Gasteiger partial charge in [-0.2, -0.15) is 0 Å². The smallest absolute Gasteiger partial charge is 0.311 e. The summed E-state index contributed by atoms with van der Waals surface area (Å²) in [5, 5.41) is 3.31. The second kappa shape index (κ2) is 8.60. The molecule has 0 fully saturated rings. The molecule has 2 aromatic carbocycles. The van der Waals surface area contributed by atoms with Crippen molar-refractivity contribution in [2.75, 3.05) is 11.9 Å². The molecule has 0 aliphatic heterocycles. The van der Waals surface area contributed by atoms with E-state index in [-0.39, 0.29) is 18.3 Å². The number of anilines is 1. The first-order valence-corrected chi connectivity index (χ1v) is 9.48. The van der Waals surface area contributed by atoms with Crippen molar-refractivity contribution in [2.24, 2.45) is 0 Å². The van der Waals surface area contributed by atoms with Gasteiger partial charge in [0.25, 0.3) is 5.91 Å². The van der Waals surface area contributed by atoms with Crippen LogP contribution in [0.1, 0.15) is 27.7 Å². The monoisotopic (exact) mass is 380 g/mol. The van der Waals surface area contributed by atoms with Gasteiger partial charge in [0.2, 0.25) is 0 Å². The second-order valence-corrected chi connectivity index (χ2v) is 6.99. The molecule has 0 spiro atoms. The molecule has 0 radical (unpaired) electrons. The van der Waals surface area contributed by atoms with Gasteiger partial charge in [-0.15, -0.1) is 11.3 Å².